The van der Waals surface area contributed by atoms with E-state index < -0.39 is 0 Å². The standard InChI is InChI=1S/C13H15N3O2/c17-11-8-16(12(18)7-9-3-1-4-9)13-10(15-11)5-2-6-14-13/h2,5-6,9H,1,3-4,7-8H2,(H,15,17). The molecule has 1 fully saturated rings. The number of carbonyl (C=O) groups is 2. The predicted molar refractivity (Wildman–Crippen MR) is 67.2 cm³/mol. The summed E-state index contributed by atoms with van der Waals surface area (Å²) in [5.74, 6) is 0.919. The average Bonchev–Trinajstić information content (AvgIpc) is 2.32. The largest absolute Gasteiger partial charge is 0.321 e. The molecule has 0 unspecified atom stereocenters. The predicted octanol–water partition coefficient (Wildman–Crippen LogP) is 1.56. The van der Waals surface area contributed by atoms with Gasteiger partial charge in [-0.25, -0.2) is 4.98 Å². The summed E-state index contributed by atoms with van der Waals surface area (Å²) in [5.41, 5.74) is 0.621. The molecule has 0 spiro atoms. The summed E-state index contributed by atoms with van der Waals surface area (Å²) < 4.78 is 0. The summed E-state index contributed by atoms with van der Waals surface area (Å²) in [6, 6.07) is 3.52. The van der Waals surface area contributed by atoms with Gasteiger partial charge in [0.2, 0.25) is 11.8 Å². The van der Waals surface area contributed by atoms with Gasteiger partial charge in [0.25, 0.3) is 0 Å². The number of carbonyl (C=O) groups excluding carboxylic acids is 2. The summed E-state index contributed by atoms with van der Waals surface area (Å²) in [7, 11) is 0. The van der Waals surface area contributed by atoms with Gasteiger partial charge in [-0.15, -0.1) is 0 Å². The Morgan fingerprint density at radius 3 is 3.06 bits per heavy atom. The van der Waals surface area contributed by atoms with E-state index in [1.165, 1.54) is 11.3 Å². The fraction of sp³-hybridized carbons (Fsp3) is 0.462. The molecule has 1 aliphatic carbocycles. The minimum Gasteiger partial charge on any atom is -0.321 e. The highest BCUT2D eigenvalue weighted by Crippen LogP contribution is 2.32. The van der Waals surface area contributed by atoms with Crippen LogP contribution in [-0.2, 0) is 9.59 Å². The lowest BCUT2D eigenvalue weighted by molar-refractivity contribution is -0.123. The molecule has 94 valence electrons. The lowest BCUT2D eigenvalue weighted by atomic mass is 9.82. The van der Waals surface area contributed by atoms with Gasteiger partial charge in [0.1, 0.15) is 6.54 Å². The van der Waals surface area contributed by atoms with Crippen LogP contribution in [0, 0.1) is 5.92 Å². The fourth-order valence-corrected chi connectivity index (χ4v) is 2.38. The van der Waals surface area contributed by atoms with Gasteiger partial charge in [-0.3, -0.25) is 14.5 Å². The second kappa shape index (κ2) is 4.40. The first kappa shape index (κ1) is 11.2. The Hall–Kier alpha value is -1.91. The molecule has 5 nitrogen and oxygen atoms in total. The van der Waals surface area contributed by atoms with Gasteiger partial charge in [0.15, 0.2) is 5.82 Å². The van der Waals surface area contributed by atoms with Gasteiger partial charge in [-0.05, 0) is 30.9 Å². The third-order valence-electron chi connectivity index (χ3n) is 3.61. The molecule has 2 aliphatic rings. The van der Waals surface area contributed by atoms with E-state index in [1.807, 2.05) is 0 Å². The van der Waals surface area contributed by atoms with Crippen molar-refractivity contribution >= 4 is 23.3 Å². The molecule has 2 heterocycles. The van der Waals surface area contributed by atoms with Crippen LogP contribution < -0.4 is 10.2 Å². The first-order valence-electron chi connectivity index (χ1n) is 6.29. The number of anilines is 2. The zero-order chi connectivity index (χ0) is 12.5. The highest BCUT2D eigenvalue weighted by molar-refractivity contribution is 6.08. The summed E-state index contributed by atoms with van der Waals surface area (Å²) in [6.45, 7) is 0.0789. The van der Waals surface area contributed by atoms with Crippen molar-refractivity contribution in [3.63, 3.8) is 0 Å². The van der Waals surface area contributed by atoms with E-state index in [4.69, 9.17) is 0 Å². The van der Waals surface area contributed by atoms with Crippen LogP contribution in [0.5, 0.6) is 0 Å². The monoisotopic (exact) mass is 245 g/mol. The Balaban J connectivity index is 1.82. The number of hydrogen-bond donors (Lipinski definition) is 1. The van der Waals surface area contributed by atoms with Crippen LogP contribution in [0.2, 0.25) is 0 Å². The number of amides is 2. The maximum atomic E-state index is 12.2. The van der Waals surface area contributed by atoms with Crippen molar-refractivity contribution in [1.82, 2.24) is 4.98 Å². The Kier molecular flexibility index (Phi) is 2.74. The van der Waals surface area contributed by atoms with Crippen molar-refractivity contribution in [2.45, 2.75) is 25.7 Å². The fourth-order valence-electron chi connectivity index (χ4n) is 2.38. The van der Waals surface area contributed by atoms with E-state index in [2.05, 4.69) is 10.3 Å². The highest BCUT2D eigenvalue weighted by Gasteiger charge is 2.30. The van der Waals surface area contributed by atoms with Gasteiger partial charge in [-0.2, -0.15) is 0 Å². The van der Waals surface area contributed by atoms with Crippen LogP contribution in [-0.4, -0.2) is 23.3 Å². The van der Waals surface area contributed by atoms with E-state index in [0.29, 0.717) is 23.8 Å². The molecule has 2 amide bonds. The summed E-state index contributed by atoms with van der Waals surface area (Å²) in [6.07, 6.45) is 5.64. The molecule has 5 heteroatoms. The summed E-state index contributed by atoms with van der Waals surface area (Å²) >= 11 is 0. The Morgan fingerprint density at radius 1 is 1.50 bits per heavy atom. The van der Waals surface area contributed by atoms with Crippen LogP contribution in [0.1, 0.15) is 25.7 Å². The van der Waals surface area contributed by atoms with E-state index >= 15 is 0 Å². The summed E-state index contributed by atoms with van der Waals surface area (Å²) in [4.78, 5) is 29.5. The molecule has 0 bridgehead atoms. The lowest BCUT2D eigenvalue weighted by Gasteiger charge is -2.31. The number of fused-ring (bicyclic) bond motifs is 1. The molecule has 1 saturated carbocycles. The van der Waals surface area contributed by atoms with Crippen molar-refractivity contribution in [3.05, 3.63) is 18.3 Å². The second-order valence-corrected chi connectivity index (χ2v) is 4.90. The normalized spacial score (nSPS) is 18.9. The maximum absolute atomic E-state index is 12.2. The number of hydrogen-bond acceptors (Lipinski definition) is 3. The first-order valence-corrected chi connectivity index (χ1v) is 6.29. The Bertz CT molecular complexity index is 497. The molecule has 1 aliphatic heterocycles. The molecule has 0 radical (unpaired) electrons. The number of rotatable bonds is 2. The average molecular weight is 245 g/mol. The van der Waals surface area contributed by atoms with Crippen LogP contribution in [0.25, 0.3) is 0 Å². The molecular weight excluding hydrogens is 230 g/mol. The van der Waals surface area contributed by atoms with Crippen molar-refractivity contribution in [2.75, 3.05) is 16.8 Å². The highest BCUT2D eigenvalue weighted by atomic mass is 16.2. The van der Waals surface area contributed by atoms with E-state index in [9.17, 15) is 9.59 Å². The summed E-state index contributed by atoms with van der Waals surface area (Å²) in [5, 5.41) is 2.73. The minimum absolute atomic E-state index is 0.00880. The molecule has 0 aromatic carbocycles. The molecule has 0 atom stereocenters. The number of pyridine rings is 1. The molecule has 3 rings (SSSR count). The van der Waals surface area contributed by atoms with Crippen LogP contribution in [0.4, 0.5) is 11.5 Å². The number of aromatic nitrogens is 1. The topological polar surface area (TPSA) is 62.3 Å². The van der Waals surface area contributed by atoms with E-state index in [0.717, 1.165) is 12.8 Å². The van der Waals surface area contributed by atoms with Crippen molar-refractivity contribution in [1.29, 1.82) is 0 Å². The molecular formula is C13H15N3O2. The van der Waals surface area contributed by atoms with Crippen LogP contribution in [0.3, 0.4) is 0 Å². The third-order valence-corrected chi connectivity index (χ3v) is 3.61. The maximum Gasteiger partial charge on any atom is 0.244 e. The quantitative estimate of drug-likeness (QED) is 0.860. The molecule has 1 aromatic heterocycles. The molecule has 1 N–H and O–H groups in total. The minimum atomic E-state index is -0.155. The van der Waals surface area contributed by atoms with Crippen molar-refractivity contribution < 1.29 is 9.59 Å². The lowest BCUT2D eigenvalue weighted by Crippen LogP contribution is -2.43. The van der Waals surface area contributed by atoms with Gasteiger partial charge < -0.3 is 5.32 Å². The molecule has 1 aromatic rings. The van der Waals surface area contributed by atoms with Crippen LogP contribution in [0.15, 0.2) is 18.3 Å². The Morgan fingerprint density at radius 2 is 2.33 bits per heavy atom. The van der Waals surface area contributed by atoms with E-state index in [-0.39, 0.29) is 18.4 Å². The van der Waals surface area contributed by atoms with Gasteiger partial charge in [0.05, 0.1) is 5.69 Å². The first-order chi connectivity index (χ1) is 8.74. The van der Waals surface area contributed by atoms with Crippen molar-refractivity contribution in [3.8, 4) is 0 Å². The SMILES string of the molecule is O=C1CN(C(=O)CC2CCC2)c2ncccc2N1. The van der Waals surface area contributed by atoms with Crippen LogP contribution >= 0.6 is 0 Å². The van der Waals surface area contributed by atoms with Gasteiger partial charge in [0, 0.05) is 12.6 Å². The zero-order valence-electron chi connectivity index (χ0n) is 10.1. The number of nitrogens with zero attached hydrogens (tertiary/aromatic N) is 2. The van der Waals surface area contributed by atoms with E-state index in [1.54, 1.807) is 18.3 Å². The molecule has 0 saturated heterocycles. The second-order valence-electron chi connectivity index (χ2n) is 4.90. The zero-order valence-corrected chi connectivity index (χ0v) is 10.1. The number of nitrogens with one attached hydrogen (secondary N) is 1. The van der Waals surface area contributed by atoms with Gasteiger partial charge in [-0.1, -0.05) is 6.42 Å². The molecule has 18 heavy (non-hydrogen) atoms. The third kappa shape index (κ3) is 1.96. The van der Waals surface area contributed by atoms with Gasteiger partial charge >= 0.3 is 0 Å². The smallest absolute Gasteiger partial charge is 0.244 e. The van der Waals surface area contributed by atoms with Crippen molar-refractivity contribution in [2.24, 2.45) is 5.92 Å². The Labute approximate surface area is 105 Å².